The quantitative estimate of drug-likeness (QED) is 0.465. The number of fused-ring (bicyclic) bond motifs is 1. The molecule has 162 valence electrons. The van der Waals surface area contributed by atoms with E-state index in [0.29, 0.717) is 5.69 Å². The number of hydrogen-bond donors (Lipinski definition) is 2. The van der Waals surface area contributed by atoms with Crippen LogP contribution in [0.4, 0.5) is 5.69 Å². The van der Waals surface area contributed by atoms with Crippen LogP contribution < -0.4 is 5.32 Å². The third-order valence-electron chi connectivity index (χ3n) is 5.61. The minimum Gasteiger partial charge on any atom is -0.477 e. The molecule has 32 heavy (non-hydrogen) atoms. The van der Waals surface area contributed by atoms with Crippen molar-refractivity contribution in [3.05, 3.63) is 71.5 Å². The van der Waals surface area contributed by atoms with Gasteiger partial charge in [0.1, 0.15) is 4.88 Å². The standard InChI is InChI=1S/C23H21N5O3S/c29-20(24-16-13-18(32-21(16)23(30)31)15-7-2-1-3-8-15)14-27-11-6-9-17(27)22-26-25-19-10-4-5-12-28(19)22/h1-5,7-8,10,12-13,17H,6,9,11,14H2,(H,24,29)(H,30,31). The lowest BCUT2D eigenvalue weighted by Crippen LogP contribution is -2.33. The van der Waals surface area contributed by atoms with Crippen molar-refractivity contribution in [3.8, 4) is 10.4 Å². The number of anilines is 1. The second kappa shape index (κ2) is 8.52. The fourth-order valence-corrected chi connectivity index (χ4v) is 5.11. The van der Waals surface area contributed by atoms with Gasteiger partial charge in [-0.1, -0.05) is 36.4 Å². The first-order chi connectivity index (χ1) is 15.6. The van der Waals surface area contributed by atoms with E-state index in [2.05, 4.69) is 20.4 Å². The zero-order valence-corrected chi connectivity index (χ0v) is 18.0. The molecule has 1 fully saturated rings. The molecule has 0 bridgehead atoms. The first-order valence-electron chi connectivity index (χ1n) is 10.4. The van der Waals surface area contributed by atoms with E-state index >= 15 is 0 Å². The number of rotatable bonds is 6. The molecule has 2 N–H and O–H groups in total. The summed E-state index contributed by atoms with van der Waals surface area (Å²) in [5, 5.41) is 21.0. The predicted octanol–water partition coefficient (Wildman–Crippen LogP) is 3.93. The van der Waals surface area contributed by atoms with Crippen molar-refractivity contribution < 1.29 is 14.7 Å². The van der Waals surface area contributed by atoms with Crippen molar-refractivity contribution in [2.45, 2.75) is 18.9 Å². The maximum atomic E-state index is 12.9. The minimum atomic E-state index is -1.05. The highest BCUT2D eigenvalue weighted by Crippen LogP contribution is 2.35. The van der Waals surface area contributed by atoms with E-state index in [9.17, 15) is 14.7 Å². The van der Waals surface area contributed by atoms with Gasteiger partial charge in [-0.15, -0.1) is 21.5 Å². The Bertz CT molecular complexity index is 1280. The number of hydrogen-bond acceptors (Lipinski definition) is 6. The number of carboxylic acids is 1. The van der Waals surface area contributed by atoms with Gasteiger partial charge in [0.2, 0.25) is 5.91 Å². The summed E-state index contributed by atoms with van der Waals surface area (Å²) in [5.74, 6) is -0.480. The summed E-state index contributed by atoms with van der Waals surface area (Å²) in [7, 11) is 0. The third kappa shape index (κ3) is 3.88. The third-order valence-corrected chi connectivity index (χ3v) is 6.78. The van der Waals surface area contributed by atoms with Crippen molar-refractivity contribution in [1.82, 2.24) is 19.5 Å². The van der Waals surface area contributed by atoms with Gasteiger partial charge in [0, 0.05) is 11.1 Å². The van der Waals surface area contributed by atoms with Gasteiger partial charge in [0.25, 0.3) is 0 Å². The summed E-state index contributed by atoms with van der Waals surface area (Å²) in [6, 6.07) is 17.0. The Kier molecular flexibility index (Phi) is 5.42. The number of aromatic carboxylic acids is 1. The lowest BCUT2D eigenvalue weighted by atomic mass is 10.2. The molecule has 3 aromatic heterocycles. The molecule has 1 saturated heterocycles. The van der Waals surface area contributed by atoms with E-state index in [-0.39, 0.29) is 23.4 Å². The van der Waals surface area contributed by atoms with Crippen LogP contribution in [0.5, 0.6) is 0 Å². The van der Waals surface area contributed by atoms with E-state index < -0.39 is 5.97 Å². The van der Waals surface area contributed by atoms with Crippen LogP contribution in [0, 0.1) is 0 Å². The molecule has 1 atom stereocenters. The summed E-state index contributed by atoms with van der Waals surface area (Å²) in [5.41, 5.74) is 2.02. The van der Waals surface area contributed by atoms with Gasteiger partial charge in [-0.3, -0.25) is 14.1 Å². The molecule has 0 aliphatic carbocycles. The van der Waals surface area contributed by atoms with Crippen molar-refractivity contribution >= 4 is 34.5 Å². The normalized spacial score (nSPS) is 16.4. The van der Waals surface area contributed by atoms with E-state index in [1.54, 1.807) is 6.07 Å². The summed E-state index contributed by atoms with van der Waals surface area (Å²) in [4.78, 5) is 27.6. The number of nitrogens with zero attached hydrogens (tertiary/aromatic N) is 4. The van der Waals surface area contributed by atoms with Crippen LogP contribution in [0.1, 0.15) is 34.4 Å². The number of thiophene rings is 1. The molecule has 1 amide bonds. The predicted molar refractivity (Wildman–Crippen MR) is 122 cm³/mol. The zero-order valence-electron chi connectivity index (χ0n) is 17.1. The molecular weight excluding hydrogens is 426 g/mol. The maximum Gasteiger partial charge on any atom is 0.348 e. The highest BCUT2D eigenvalue weighted by atomic mass is 32.1. The molecule has 0 radical (unpaired) electrons. The highest BCUT2D eigenvalue weighted by molar-refractivity contribution is 7.18. The highest BCUT2D eigenvalue weighted by Gasteiger charge is 2.31. The second-order valence-corrected chi connectivity index (χ2v) is 8.74. The fourth-order valence-electron chi connectivity index (χ4n) is 4.16. The summed E-state index contributed by atoms with van der Waals surface area (Å²) in [6.07, 6.45) is 3.77. The van der Waals surface area contributed by atoms with Gasteiger partial charge in [-0.2, -0.15) is 0 Å². The van der Waals surface area contributed by atoms with Gasteiger partial charge in [-0.25, -0.2) is 4.79 Å². The second-order valence-electron chi connectivity index (χ2n) is 7.69. The van der Waals surface area contributed by atoms with Crippen LogP contribution in [0.15, 0.2) is 60.8 Å². The van der Waals surface area contributed by atoms with Gasteiger partial charge in [0.05, 0.1) is 18.3 Å². The summed E-state index contributed by atoms with van der Waals surface area (Å²) < 4.78 is 1.95. The SMILES string of the molecule is O=C(CN1CCCC1c1nnc2ccccn12)Nc1cc(-c2ccccc2)sc1C(=O)O. The molecule has 1 aromatic carbocycles. The van der Waals surface area contributed by atoms with Crippen LogP contribution in [0.3, 0.4) is 0 Å². The Hall–Kier alpha value is -3.56. The average molecular weight is 448 g/mol. The van der Waals surface area contributed by atoms with E-state index in [0.717, 1.165) is 52.6 Å². The van der Waals surface area contributed by atoms with Crippen LogP contribution in [-0.4, -0.2) is 49.6 Å². The molecule has 4 heterocycles. The Labute approximate surface area is 188 Å². The number of amides is 1. The van der Waals surface area contributed by atoms with Crippen LogP contribution in [-0.2, 0) is 4.79 Å². The number of carbonyl (C=O) groups excluding carboxylic acids is 1. The number of benzene rings is 1. The topological polar surface area (TPSA) is 99.8 Å². The largest absolute Gasteiger partial charge is 0.477 e. The number of aromatic nitrogens is 3. The molecule has 1 aliphatic rings. The number of likely N-dealkylation sites (tertiary alicyclic amines) is 1. The summed E-state index contributed by atoms with van der Waals surface area (Å²) >= 11 is 1.16. The Morgan fingerprint density at radius 1 is 1.12 bits per heavy atom. The average Bonchev–Trinajstić information content (AvgIpc) is 3.52. The van der Waals surface area contributed by atoms with Crippen molar-refractivity contribution in [1.29, 1.82) is 0 Å². The van der Waals surface area contributed by atoms with Crippen LogP contribution in [0.25, 0.3) is 16.1 Å². The maximum absolute atomic E-state index is 12.9. The van der Waals surface area contributed by atoms with E-state index in [1.165, 1.54) is 0 Å². The molecule has 5 rings (SSSR count). The molecular formula is C23H21N5O3S. The number of pyridine rings is 1. The molecule has 1 aliphatic heterocycles. The first kappa shape index (κ1) is 20.3. The van der Waals surface area contributed by atoms with Gasteiger partial charge < -0.3 is 10.4 Å². The van der Waals surface area contributed by atoms with Crippen molar-refractivity contribution in [2.75, 3.05) is 18.4 Å². The van der Waals surface area contributed by atoms with Gasteiger partial charge in [0.15, 0.2) is 11.5 Å². The van der Waals surface area contributed by atoms with Crippen molar-refractivity contribution in [3.63, 3.8) is 0 Å². The Balaban J connectivity index is 1.34. The molecule has 4 aromatic rings. The Morgan fingerprint density at radius 2 is 1.94 bits per heavy atom. The minimum absolute atomic E-state index is 0.0144. The molecule has 1 unspecified atom stereocenters. The zero-order chi connectivity index (χ0) is 22.1. The van der Waals surface area contributed by atoms with Crippen molar-refractivity contribution in [2.24, 2.45) is 0 Å². The molecule has 0 saturated carbocycles. The van der Waals surface area contributed by atoms with Crippen LogP contribution >= 0.6 is 11.3 Å². The van der Waals surface area contributed by atoms with Gasteiger partial charge >= 0.3 is 5.97 Å². The lowest BCUT2D eigenvalue weighted by molar-refractivity contribution is -0.117. The number of carbonyl (C=O) groups is 2. The lowest BCUT2D eigenvalue weighted by Gasteiger charge is -2.22. The molecule has 0 spiro atoms. The Morgan fingerprint density at radius 3 is 2.75 bits per heavy atom. The summed E-state index contributed by atoms with van der Waals surface area (Å²) in [6.45, 7) is 0.923. The number of carboxylic acid groups (broad SMARTS) is 1. The molecule has 9 heteroatoms. The first-order valence-corrected chi connectivity index (χ1v) is 11.2. The smallest absolute Gasteiger partial charge is 0.348 e. The fraction of sp³-hybridized carbons (Fsp3) is 0.217. The molecule has 8 nitrogen and oxygen atoms in total. The number of nitrogens with one attached hydrogen (secondary N) is 1. The van der Waals surface area contributed by atoms with Crippen LogP contribution in [0.2, 0.25) is 0 Å². The van der Waals surface area contributed by atoms with E-state index in [4.69, 9.17) is 0 Å². The van der Waals surface area contributed by atoms with Gasteiger partial charge in [-0.05, 0) is 43.1 Å². The van der Waals surface area contributed by atoms with E-state index in [1.807, 2.05) is 59.1 Å². The monoisotopic (exact) mass is 447 g/mol.